The summed E-state index contributed by atoms with van der Waals surface area (Å²) in [6.07, 6.45) is 5.99. The molecule has 1 aliphatic carbocycles. The molecule has 0 bridgehead atoms. The Morgan fingerprint density at radius 1 is 0.643 bits per heavy atom. The summed E-state index contributed by atoms with van der Waals surface area (Å²) in [7, 11) is -3.91. The van der Waals surface area contributed by atoms with E-state index in [0.717, 1.165) is 90.7 Å². The molecule has 1 N–H and O–H groups in total. The van der Waals surface area contributed by atoms with E-state index in [-0.39, 0.29) is 10.8 Å². The van der Waals surface area contributed by atoms with E-state index < -0.39 is 10.0 Å². The normalized spacial score (nSPS) is 12.7. The number of sulfonamides is 1. The van der Waals surface area contributed by atoms with E-state index in [1.807, 2.05) is 41.7 Å². The largest absolute Gasteiger partial charge is 0.456 e. The number of hydrogen-bond acceptors (Lipinski definition) is 6. The maximum absolute atomic E-state index is 14.6. The van der Waals surface area contributed by atoms with Gasteiger partial charge in [-0.3, -0.25) is 0 Å². The number of unbranched alkanes of at least 4 members (excludes halogenated alkanes) is 1. The number of fused-ring (bicyclic) bond motifs is 2. The maximum atomic E-state index is 14.6. The third-order valence-electron chi connectivity index (χ3n) is 13.4. The third kappa shape index (κ3) is 12.1. The van der Waals surface area contributed by atoms with Crippen molar-refractivity contribution in [2.24, 2.45) is 5.92 Å². The fourth-order valence-corrected chi connectivity index (χ4v) is 12.8. The summed E-state index contributed by atoms with van der Waals surface area (Å²) in [6, 6.07) is 54.7. The molecule has 0 radical (unpaired) electrons. The van der Waals surface area contributed by atoms with Gasteiger partial charge in [0.2, 0.25) is 21.1 Å². The summed E-state index contributed by atoms with van der Waals surface area (Å²) in [6.45, 7) is 15.1. The highest BCUT2D eigenvalue weighted by Gasteiger charge is 2.27. The fourth-order valence-electron chi connectivity index (χ4n) is 9.71. The summed E-state index contributed by atoms with van der Waals surface area (Å²) in [4.78, 5) is 5.24. The molecule has 362 valence electrons. The van der Waals surface area contributed by atoms with E-state index in [1.54, 1.807) is 6.07 Å². The third-order valence-corrected chi connectivity index (χ3v) is 17.0. The van der Waals surface area contributed by atoms with Crippen molar-refractivity contribution >= 4 is 61.6 Å². The summed E-state index contributed by atoms with van der Waals surface area (Å²) in [5.41, 5.74) is 11.3. The van der Waals surface area contributed by atoms with Crippen LogP contribution in [0.4, 0.5) is 17.1 Å². The molecule has 9 heteroatoms. The molecule has 0 spiro atoms. The van der Waals surface area contributed by atoms with Crippen LogP contribution >= 0.6 is 23.5 Å². The fraction of sp³-hybridized carbons (Fsp3) is 0.295. The maximum Gasteiger partial charge on any atom is 0.241 e. The molecule has 6 nitrogen and oxygen atoms in total. The summed E-state index contributed by atoms with van der Waals surface area (Å²) < 4.78 is 41.9. The highest BCUT2D eigenvalue weighted by atomic mass is 32.2. The molecule has 0 saturated heterocycles. The Labute approximate surface area is 425 Å². The average Bonchev–Trinajstić information content (AvgIpc) is 3.37. The minimum absolute atomic E-state index is 0.267. The highest BCUT2D eigenvalue weighted by molar-refractivity contribution is 7.99. The Kier molecular flexibility index (Phi) is 17.4. The molecule has 0 fully saturated rings. The van der Waals surface area contributed by atoms with E-state index >= 15 is 0 Å². The van der Waals surface area contributed by atoms with Gasteiger partial charge in [-0.15, -0.1) is 23.5 Å². The summed E-state index contributed by atoms with van der Waals surface area (Å²) in [5.74, 6) is 2.90. The van der Waals surface area contributed by atoms with Gasteiger partial charge in [-0.05, 0) is 112 Å². The van der Waals surface area contributed by atoms with Crippen LogP contribution in [0.2, 0.25) is 0 Å². The second kappa shape index (κ2) is 24.0. The second-order valence-corrected chi connectivity index (χ2v) is 22.5. The van der Waals surface area contributed by atoms with Crippen LogP contribution in [0, 0.1) is 33.6 Å². The first kappa shape index (κ1) is 50.8. The van der Waals surface area contributed by atoms with Crippen molar-refractivity contribution in [2.75, 3.05) is 36.0 Å². The van der Waals surface area contributed by atoms with Crippen molar-refractivity contribution in [1.82, 2.24) is 9.30 Å². The van der Waals surface area contributed by atoms with Gasteiger partial charge >= 0.3 is 0 Å². The molecule has 2 aliphatic rings. The van der Waals surface area contributed by atoms with Crippen LogP contribution in [0.3, 0.4) is 0 Å². The van der Waals surface area contributed by atoms with Crippen LogP contribution in [0.25, 0.3) is 33.4 Å². The first-order valence-corrected chi connectivity index (χ1v) is 28.5. The number of rotatable bonds is 22. The number of para-hydroxylation sites is 2. The Hall–Kier alpha value is -5.58. The lowest BCUT2D eigenvalue weighted by Crippen LogP contribution is -2.29. The molecule has 0 saturated carbocycles. The topological polar surface area (TPSA) is 65.6 Å². The molecule has 1 unspecified atom stereocenters. The SMILES string of the molecule is CCCCC(CC)CNS(=O)(=O)c1ccccc1-c1c2ccc(=[N+](CCCSc3ccccc3)c3c(C)cccc3C)cc-2oc2cc(N(CCCSc3ccccc3)c3c(C)cccc3C)ccc12. The van der Waals surface area contributed by atoms with Gasteiger partial charge in [0.15, 0.2) is 0 Å². The minimum atomic E-state index is -3.91. The minimum Gasteiger partial charge on any atom is -0.456 e. The van der Waals surface area contributed by atoms with Crippen molar-refractivity contribution < 1.29 is 12.8 Å². The lowest BCUT2D eigenvalue weighted by atomic mass is 9.93. The number of benzene rings is 7. The zero-order valence-electron chi connectivity index (χ0n) is 41.7. The van der Waals surface area contributed by atoms with E-state index in [4.69, 9.17) is 4.42 Å². The second-order valence-electron chi connectivity index (χ2n) is 18.4. The van der Waals surface area contributed by atoms with Crippen molar-refractivity contribution in [1.29, 1.82) is 0 Å². The van der Waals surface area contributed by atoms with Crippen molar-refractivity contribution in [3.63, 3.8) is 0 Å². The van der Waals surface area contributed by atoms with Gasteiger partial charge in [0.05, 0.1) is 11.0 Å². The predicted molar refractivity (Wildman–Crippen MR) is 299 cm³/mol. The quantitative estimate of drug-likeness (QED) is 0.0316. The van der Waals surface area contributed by atoms with Gasteiger partial charge in [-0.2, -0.15) is 4.58 Å². The van der Waals surface area contributed by atoms with Gasteiger partial charge in [-0.25, -0.2) is 13.1 Å². The van der Waals surface area contributed by atoms with Crippen LogP contribution in [-0.2, 0) is 10.0 Å². The Balaban J connectivity index is 1.30. The number of nitrogens with one attached hydrogen (secondary N) is 1. The van der Waals surface area contributed by atoms with E-state index in [1.165, 1.54) is 43.4 Å². The standard InChI is InChI=1S/C61H68N3O3S3/c1-7-9-26-48(8-2)43-62-70(65,66)58-32-17-16-31-55(58)59-53-35-33-49(63(60-44(3)22-18-23-45(60)4)37-20-39-68-51-27-12-10-13-28-51)41-56(53)67-57-42-50(34-36-54(57)59)64(61-46(5)24-19-25-47(61)6)38-21-40-69-52-29-14-11-15-30-52/h10-19,22-25,27-36,41-42,48,62H,7-9,20-21,26,37-40,43H2,1-6H3/q+1. The van der Waals surface area contributed by atoms with E-state index in [9.17, 15) is 8.42 Å². The lowest BCUT2D eigenvalue weighted by molar-refractivity contribution is 0.444. The zero-order valence-corrected chi connectivity index (χ0v) is 44.2. The number of aryl methyl sites for hydroxylation is 4. The molecule has 0 amide bonds. The number of nitrogens with zero attached hydrogens (tertiary/aromatic N) is 2. The molecule has 0 aromatic heterocycles. The van der Waals surface area contributed by atoms with Crippen molar-refractivity contribution in [2.45, 2.75) is 94.8 Å². The summed E-state index contributed by atoms with van der Waals surface area (Å²) >= 11 is 3.76. The molecule has 1 atom stereocenters. The van der Waals surface area contributed by atoms with Gasteiger partial charge in [0, 0.05) is 91.8 Å². The van der Waals surface area contributed by atoms with Gasteiger partial charge in [-0.1, -0.05) is 124 Å². The Morgan fingerprint density at radius 3 is 1.93 bits per heavy atom. The average molecular weight is 987 g/mol. The van der Waals surface area contributed by atoms with Gasteiger partial charge in [0.1, 0.15) is 17.9 Å². The molecular weight excluding hydrogens is 919 g/mol. The number of thioether (sulfide) groups is 2. The van der Waals surface area contributed by atoms with Crippen LogP contribution in [0.1, 0.15) is 74.6 Å². The first-order chi connectivity index (χ1) is 34.1. The summed E-state index contributed by atoms with van der Waals surface area (Å²) in [5, 5.41) is 1.87. The van der Waals surface area contributed by atoms with Gasteiger partial charge < -0.3 is 9.32 Å². The van der Waals surface area contributed by atoms with Crippen LogP contribution in [0.15, 0.2) is 177 Å². The molecule has 8 rings (SSSR count). The van der Waals surface area contributed by atoms with Crippen molar-refractivity contribution in [3.8, 4) is 22.5 Å². The number of anilines is 2. The Morgan fingerprint density at radius 2 is 1.27 bits per heavy atom. The molecule has 6 aromatic carbocycles. The first-order valence-electron chi connectivity index (χ1n) is 25.0. The smallest absolute Gasteiger partial charge is 0.241 e. The predicted octanol–water partition coefficient (Wildman–Crippen LogP) is 15.5. The van der Waals surface area contributed by atoms with Crippen LogP contribution in [0.5, 0.6) is 0 Å². The molecular formula is C61H68N3O3S3+. The number of hydrogen-bond donors (Lipinski definition) is 1. The van der Waals surface area contributed by atoms with E-state index in [2.05, 4.69) is 189 Å². The van der Waals surface area contributed by atoms with E-state index in [0.29, 0.717) is 23.5 Å². The molecule has 1 aliphatic heterocycles. The Bertz CT molecular complexity index is 3130. The monoisotopic (exact) mass is 986 g/mol. The van der Waals surface area contributed by atoms with Crippen LogP contribution < -0.4 is 19.6 Å². The van der Waals surface area contributed by atoms with Crippen LogP contribution in [-0.4, -0.2) is 39.6 Å². The van der Waals surface area contributed by atoms with Gasteiger partial charge in [0.25, 0.3) is 0 Å². The lowest BCUT2D eigenvalue weighted by Gasteiger charge is -2.29. The highest BCUT2D eigenvalue weighted by Crippen LogP contribution is 2.44. The zero-order chi connectivity index (χ0) is 49.0. The molecule has 6 aromatic rings. The van der Waals surface area contributed by atoms with Crippen molar-refractivity contribution in [3.05, 3.63) is 185 Å². The molecule has 1 heterocycles. The molecule has 70 heavy (non-hydrogen) atoms.